The summed E-state index contributed by atoms with van der Waals surface area (Å²) in [4.78, 5) is 2.51. The molecule has 56 heavy (non-hydrogen) atoms. The molecule has 1 saturated carbocycles. The number of hydrogen-bond acceptors (Lipinski definition) is 1. The highest BCUT2D eigenvalue weighted by molar-refractivity contribution is 5.95. The normalized spacial score (nSPS) is 14.5. The molecule has 0 atom stereocenters. The third kappa shape index (κ3) is 5.78. The first kappa shape index (κ1) is 34.1. The molecule has 10 rings (SSSR count). The van der Waals surface area contributed by atoms with Crippen molar-refractivity contribution in [3.63, 3.8) is 0 Å². The van der Waals surface area contributed by atoms with Gasteiger partial charge in [-0.25, -0.2) is 0 Å². The molecule has 2 aliphatic carbocycles. The Morgan fingerprint density at radius 1 is 0.375 bits per heavy atom. The minimum Gasteiger partial charge on any atom is -0.310 e. The van der Waals surface area contributed by atoms with Gasteiger partial charge in [0, 0.05) is 16.9 Å². The Bertz CT molecular complexity index is 2560. The number of rotatable bonds is 8. The SMILES string of the molecule is c1ccc(-c2ccccc2-c2ccccc2N(c2ccc(C3CCCCC3)cc2)c2ccc3c(c2)C(c2ccccc2)(c2ccccc2)c2ccccc2-3)cc1. The molecule has 0 saturated heterocycles. The highest BCUT2D eigenvalue weighted by atomic mass is 15.1. The van der Waals surface area contributed by atoms with Crippen molar-refractivity contribution in [2.24, 2.45) is 0 Å². The summed E-state index contributed by atoms with van der Waals surface area (Å²) >= 11 is 0. The van der Waals surface area contributed by atoms with E-state index in [-0.39, 0.29) is 0 Å². The molecule has 1 fully saturated rings. The zero-order valence-corrected chi connectivity index (χ0v) is 31.7. The maximum Gasteiger partial charge on any atom is 0.0714 e. The summed E-state index contributed by atoms with van der Waals surface area (Å²) in [7, 11) is 0. The van der Waals surface area contributed by atoms with Crippen LogP contribution < -0.4 is 4.90 Å². The second-order valence-corrected chi connectivity index (χ2v) is 15.4. The second kappa shape index (κ2) is 14.7. The molecule has 0 radical (unpaired) electrons. The van der Waals surface area contributed by atoms with Gasteiger partial charge in [-0.1, -0.05) is 195 Å². The van der Waals surface area contributed by atoms with Crippen LogP contribution >= 0.6 is 0 Å². The van der Waals surface area contributed by atoms with Crippen molar-refractivity contribution in [2.45, 2.75) is 43.4 Å². The van der Waals surface area contributed by atoms with E-state index in [4.69, 9.17) is 0 Å². The van der Waals surface area contributed by atoms with Crippen LogP contribution in [0.25, 0.3) is 33.4 Å². The molecule has 0 aliphatic heterocycles. The van der Waals surface area contributed by atoms with Gasteiger partial charge in [0.05, 0.1) is 11.1 Å². The Morgan fingerprint density at radius 2 is 0.893 bits per heavy atom. The fourth-order valence-corrected chi connectivity index (χ4v) is 9.81. The minimum atomic E-state index is -0.486. The van der Waals surface area contributed by atoms with E-state index in [1.54, 1.807) is 0 Å². The summed E-state index contributed by atoms with van der Waals surface area (Å²) in [6.07, 6.45) is 6.59. The molecule has 0 spiro atoms. The topological polar surface area (TPSA) is 3.24 Å². The summed E-state index contributed by atoms with van der Waals surface area (Å²) in [6, 6.07) is 76.6. The van der Waals surface area contributed by atoms with Crippen LogP contribution in [0.5, 0.6) is 0 Å². The van der Waals surface area contributed by atoms with E-state index < -0.39 is 5.41 Å². The molecule has 0 aromatic heterocycles. The lowest BCUT2D eigenvalue weighted by molar-refractivity contribution is 0.443. The van der Waals surface area contributed by atoms with Crippen molar-refractivity contribution in [1.29, 1.82) is 0 Å². The van der Waals surface area contributed by atoms with E-state index in [0.29, 0.717) is 5.92 Å². The third-order valence-corrected chi connectivity index (χ3v) is 12.4. The first-order valence-corrected chi connectivity index (χ1v) is 20.3. The standard InChI is InChI=1S/C55H45N/c1-5-19-40(20-6-1)41-33-35-45(36-34-41)56(54-32-18-16-30-51(54)48-28-14-13-27-47(48)42-21-7-2-8-22-42)46-37-38-50-49-29-15-17-31-52(49)55(53(50)39-46,43-23-9-3-10-24-43)44-25-11-4-12-26-44/h2-4,7-18,21-40H,1,5-6,19-20H2. The van der Waals surface area contributed by atoms with Gasteiger partial charge < -0.3 is 4.90 Å². The zero-order chi connectivity index (χ0) is 37.3. The molecule has 1 heteroatoms. The largest absolute Gasteiger partial charge is 0.310 e. The Hall–Kier alpha value is -6.44. The van der Waals surface area contributed by atoms with Crippen LogP contribution in [-0.2, 0) is 5.41 Å². The fourth-order valence-electron chi connectivity index (χ4n) is 9.81. The van der Waals surface area contributed by atoms with Gasteiger partial charge in [0.25, 0.3) is 0 Å². The van der Waals surface area contributed by atoms with E-state index in [1.165, 1.54) is 93.3 Å². The number of hydrogen-bond donors (Lipinski definition) is 0. The number of fused-ring (bicyclic) bond motifs is 3. The third-order valence-electron chi connectivity index (χ3n) is 12.4. The predicted molar refractivity (Wildman–Crippen MR) is 235 cm³/mol. The lowest BCUT2D eigenvalue weighted by Crippen LogP contribution is -2.28. The lowest BCUT2D eigenvalue weighted by Gasteiger charge is -2.35. The number of benzene rings is 8. The first-order chi connectivity index (χ1) is 27.8. The highest BCUT2D eigenvalue weighted by Gasteiger charge is 2.46. The van der Waals surface area contributed by atoms with Gasteiger partial charge in [-0.05, 0) is 105 Å². The summed E-state index contributed by atoms with van der Waals surface area (Å²) in [5.41, 5.74) is 17.0. The average molecular weight is 720 g/mol. The van der Waals surface area contributed by atoms with Crippen LogP contribution in [0.15, 0.2) is 206 Å². The molecule has 270 valence electrons. The molecule has 0 amide bonds. The molecule has 0 N–H and O–H groups in total. The van der Waals surface area contributed by atoms with Crippen molar-refractivity contribution >= 4 is 17.1 Å². The number of nitrogens with zero attached hydrogens (tertiary/aromatic N) is 1. The van der Waals surface area contributed by atoms with E-state index in [0.717, 1.165) is 17.1 Å². The van der Waals surface area contributed by atoms with E-state index in [2.05, 4.69) is 211 Å². The zero-order valence-electron chi connectivity index (χ0n) is 31.7. The van der Waals surface area contributed by atoms with Crippen LogP contribution in [-0.4, -0.2) is 0 Å². The number of para-hydroxylation sites is 1. The Labute approximate surface area is 331 Å². The molecule has 1 nitrogen and oxygen atoms in total. The van der Waals surface area contributed by atoms with Crippen molar-refractivity contribution in [1.82, 2.24) is 0 Å². The van der Waals surface area contributed by atoms with E-state index in [9.17, 15) is 0 Å². The van der Waals surface area contributed by atoms with Crippen LogP contribution in [0.3, 0.4) is 0 Å². The molecule has 0 unspecified atom stereocenters. The molecular formula is C55H45N. The summed E-state index contributed by atoms with van der Waals surface area (Å²) in [5, 5.41) is 0. The lowest BCUT2D eigenvalue weighted by atomic mass is 9.67. The van der Waals surface area contributed by atoms with Gasteiger partial charge in [0.2, 0.25) is 0 Å². The van der Waals surface area contributed by atoms with Crippen LogP contribution in [0.1, 0.15) is 65.8 Å². The minimum absolute atomic E-state index is 0.486. The quantitative estimate of drug-likeness (QED) is 0.151. The monoisotopic (exact) mass is 719 g/mol. The molecule has 8 aromatic rings. The maximum absolute atomic E-state index is 2.51. The van der Waals surface area contributed by atoms with Gasteiger partial charge >= 0.3 is 0 Å². The summed E-state index contributed by atoms with van der Waals surface area (Å²) in [5.74, 6) is 0.646. The summed E-state index contributed by atoms with van der Waals surface area (Å²) in [6.45, 7) is 0. The summed E-state index contributed by atoms with van der Waals surface area (Å²) < 4.78 is 0. The molecule has 8 aromatic carbocycles. The maximum atomic E-state index is 2.51. The fraction of sp³-hybridized carbons (Fsp3) is 0.127. The molecule has 0 heterocycles. The van der Waals surface area contributed by atoms with Crippen molar-refractivity contribution in [3.8, 4) is 33.4 Å². The molecule has 0 bridgehead atoms. The smallest absolute Gasteiger partial charge is 0.0714 e. The van der Waals surface area contributed by atoms with Gasteiger partial charge in [0.15, 0.2) is 0 Å². The Morgan fingerprint density at radius 3 is 1.57 bits per heavy atom. The first-order valence-electron chi connectivity index (χ1n) is 20.3. The average Bonchev–Trinajstić information content (AvgIpc) is 3.58. The van der Waals surface area contributed by atoms with Crippen LogP contribution in [0.2, 0.25) is 0 Å². The van der Waals surface area contributed by atoms with Gasteiger partial charge in [0.1, 0.15) is 0 Å². The van der Waals surface area contributed by atoms with Gasteiger partial charge in [-0.3, -0.25) is 0 Å². The van der Waals surface area contributed by atoms with Crippen molar-refractivity contribution < 1.29 is 0 Å². The van der Waals surface area contributed by atoms with E-state index >= 15 is 0 Å². The molecule has 2 aliphatic rings. The van der Waals surface area contributed by atoms with Crippen LogP contribution in [0, 0.1) is 0 Å². The Balaban J connectivity index is 1.22. The van der Waals surface area contributed by atoms with Crippen LogP contribution in [0.4, 0.5) is 17.1 Å². The highest BCUT2D eigenvalue weighted by Crippen LogP contribution is 2.57. The molecular weight excluding hydrogens is 675 g/mol. The van der Waals surface area contributed by atoms with E-state index in [1.807, 2.05) is 0 Å². The number of anilines is 3. The predicted octanol–water partition coefficient (Wildman–Crippen LogP) is 14.9. The Kier molecular flexibility index (Phi) is 8.92. The second-order valence-electron chi connectivity index (χ2n) is 15.4. The van der Waals surface area contributed by atoms with Crippen molar-refractivity contribution in [2.75, 3.05) is 4.90 Å². The van der Waals surface area contributed by atoms with Gasteiger partial charge in [-0.15, -0.1) is 0 Å². The van der Waals surface area contributed by atoms with Gasteiger partial charge in [-0.2, -0.15) is 0 Å². The van der Waals surface area contributed by atoms with Crippen molar-refractivity contribution in [3.05, 3.63) is 234 Å².